The fourth-order valence-electron chi connectivity index (χ4n) is 1.23. The molecule has 0 amide bonds. The predicted molar refractivity (Wildman–Crippen MR) is 56.9 cm³/mol. The summed E-state index contributed by atoms with van der Waals surface area (Å²) in [6.45, 7) is 0. The van der Waals surface area contributed by atoms with Crippen molar-refractivity contribution in [3.8, 4) is 5.75 Å². The molecule has 1 saturated carbocycles. The van der Waals surface area contributed by atoms with E-state index in [1.165, 1.54) is 0 Å². The second-order valence-electron chi connectivity index (χ2n) is 3.38. The molecule has 1 aliphatic rings. The molecule has 0 spiro atoms. The molecule has 0 heterocycles. The number of aromatic hydroxyl groups is 1. The summed E-state index contributed by atoms with van der Waals surface area (Å²) >= 11 is 5.91. The maximum Gasteiger partial charge on any atom is 0.131 e. The topological polar surface area (TPSA) is 58.6 Å². The van der Waals surface area contributed by atoms with E-state index in [9.17, 15) is 5.11 Å². The Bertz CT molecular complexity index is 365. The minimum Gasteiger partial charge on any atom is -0.507 e. The molecule has 0 bridgehead atoms. The zero-order valence-electron chi connectivity index (χ0n) is 7.57. The van der Waals surface area contributed by atoms with Crippen LogP contribution in [0.25, 0.3) is 0 Å². The Labute approximate surface area is 87.2 Å². The third-order valence-electron chi connectivity index (χ3n) is 2.12. The summed E-state index contributed by atoms with van der Waals surface area (Å²) in [6, 6.07) is 5.24. The first-order chi connectivity index (χ1) is 6.68. The first-order valence-electron chi connectivity index (χ1n) is 4.49. The van der Waals surface area contributed by atoms with Crippen LogP contribution in [0.2, 0.25) is 5.02 Å². The number of hydrogen-bond acceptors (Lipinski definition) is 2. The van der Waals surface area contributed by atoms with Crippen LogP contribution in [0.5, 0.6) is 5.75 Å². The molecule has 1 aromatic carbocycles. The summed E-state index contributed by atoms with van der Waals surface area (Å²) in [4.78, 5) is 4.23. The van der Waals surface area contributed by atoms with E-state index in [2.05, 4.69) is 4.99 Å². The average Bonchev–Trinajstić information content (AvgIpc) is 2.87. The van der Waals surface area contributed by atoms with Gasteiger partial charge in [-0.25, -0.2) is 0 Å². The first-order valence-corrected chi connectivity index (χ1v) is 4.87. The van der Waals surface area contributed by atoms with Gasteiger partial charge in [0.05, 0.1) is 16.6 Å². The molecule has 2 rings (SSSR count). The van der Waals surface area contributed by atoms with Gasteiger partial charge in [-0.05, 0) is 25.0 Å². The number of halogens is 1. The number of benzene rings is 1. The van der Waals surface area contributed by atoms with E-state index in [-0.39, 0.29) is 5.75 Å². The Balaban J connectivity index is 2.38. The number of nitrogens with zero attached hydrogens (tertiary/aromatic N) is 1. The maximum absolute atomic E-state index is 9.55. The van der Waals surface area contributed by atoms with Crippen molar-refractivity contribution < 1.29 is 5.11 Å². The van der Waals surface area contributed by atoms with Gasteiger partial charge in [-0.15, -0.1) is 0 Å². The van der Waals surface area contributed by atoms with Gasteiger partial charge in [-0.3, -0.25) is 4.99 Å². The lowest BCUT2D eigenvalue weighted by Gasteiger charge is -2.05. The molecule has 0 aromatic heterocycles. The van der Waals surface area contributed by atoms with E-state index >= 15 is 0 Å². The number of amidine groups is 1. The van der Waals surface area contributed by atoms with Crippen LogP contribution in [0, 0.1) is 0 Å². The zero-order valence-corrected chi connectivity index (χ0v) is 8.33. The van der Waals surface area contributed by atoms with E-state index in [1.807, 2.05) is 0 Å². The highest BCUT2D eigenvalue weighted by Crippen LogP contribution is 2.28. The van der Waals surface area contributed by atoms with Crippen molar-refractivity contribution in [2.24, 2.45) is 10.7 Å². The normalized spacial score (nSPS) is 17.1. The molecular weight excluding hydrogens is 200 g/mol. The molecule has 14 heavy (non-hydrogen) atoms. The van der Waals surface area contributed by atoms with E-state index in [1.54, 1.807) is 18.2 Å². The zero-order chi connectivity index (χ0) is 10.1. The van der Waals surface area contributed by atoms with Gasteiger partial charge in [0.2, 0.25) is 0 Å². The van der Waals surface area contributed by atoms with Crippen LogP contribution in [0.15, 0.2) is 23.2 Å². The van der Waals surface area contributed by atoms with Gasteiger partial charge in [0.15, 0.2) is 0 Å². The molecule has 0 saturated heterocycles. The third kappa shape index (κ3) is 1.82. The van der Waals surface area contributed by atoms with Crippen molar-refractivity contribution in [1.29, 1.82) is 0 Å². The lowest BCUT2D eigenvalue weighted by molar-refractivity contribution is 0.474. The van der Waals surface area contributed by atoms with Crippen LogP contribution < -0.4 is 5.73 Å². The fourth-order valence-corrected chi connectivity index (χ4v) is 1.50. The van der Waals surface area contributed by atoms with Gasteiger partial charge in [0.1, 0.15) is 11.6 Å². The molecule has 1 fully saturated rings. The van der Waals surface area contributed by atoms with Crippen LogP contribution >= 0.6 is 11.6 Å². The van der Waals surface area contributed by atoms with Gasteiger partial charge in [0, 0.05) is 0 Å². The number of aliphatic imine (C=N–C) groups is 1. The molecule has 3 N–H and O–H groups in total. The largest absolute Gasteiger partial charge is 0.507 e. The van der Waals surface area contributed by atoms with Crippen LogP contribution in [0.4, 0.5) is 0 Å². The van der Waals surface area contributed by atoms with Gasteiger partial charge < -0.3 is 10.8 Å². The van der Waals surface area contributed by atoms with Gasteiger partial charge in [0.25, 0.3) is 0 Å². The number of phenols is 1. The summed E-state index contributed by atoms with van der Waals surface area (Å²) in [5.74, 6) is 0.412. The Morgan fingerprint density at radius 1 is 1.50 bits per heavy atom. The predicted octanol–water partition coefficient (Wildman–Crippen LogP) is 1.91. The van der Waals surface area contributed by atoms with E-state index in [0.717, 1.165) is 12.8 Å². The highest BCUT2D eigenvalue weighted by molar-refractivity contribution is 6.34. The summed E-state index contributed by atoms with van der Waals surface area (Å²) in [6.07, 6.45) is 2.15. The molecule has 0 atom stereocenters. The summed E-state index contributed by atoms with van der Waals surface area (Å²) in [5, 5.41) is 9.99. The van der Waals surface area contributed by atoms with E-state index < -0.39 is 0 Å². The first kappa shape index (κ1) is 9.34. The number of hydrogen-bond donors (Lipinski definition) is 2. The van der Waals surface area contributed by atoms with Crippen LogP contribution in [-0.4, -0.2) is 17.0 Å². The molecule has 0 unspecified atom stereocenters. The summed E-state index contributed by atoms with van der Waals surface area (Å²) in [5.41, 5.74) is 6.19. The Morgan fingerprint density at radius 3 is 2.79 bits per heavy atom. The minimum atomic E-state index is 0.0828. The Hall–Kier alpha value is -1.22. The quantitative estimate of drug-likeness (QED) is 0.579. The van der Waals surface area contributed by atoms with Crippen molar-refractivity contribution in [2.75, 3.05) is 0 Å². The van der Waals surface area contributed by atoms with Gasteiger partial charge in [-0.2, -0.15) is 0 Å². The van der Waals surface area contributed by atoms with Crippen molar-refractivity contribution >= 4 is 17.4 Å². The second-order valence-corrected chi connectivity index (χ2v) is 3.79. The Morgan fingerprint density at radius 2 is 2.21 bits per heavy atom. The smallest absolute Gasteiger partial charge is 0.131 e. The number of phenolic OH excluding ortho intramolecular Hbond substituents is 1. The van der Waals surface area contributed by atoms with E-state index in [0.29, 0.717) is 22.5 Å². The van der Waals surface area contributed by atoms with Crippen molar-refractivity contribution in [1.82, 2.24) is 0 Å². The van der Waals surface area contributed by atoms with Crippen molar-refractivity contribution in [3.63, 3.8) is 0 Å². The van der Waals surface area contributed by atoms with Crippen molar-refractivity contribution in [2.45, 2.75) is 18.9 Å². The van der Waals surface area contributed by atoms with Gasteiger partial charge >= 0.3 is 0 Å². The molecule has 3 nitrogen and oxygen atoms in total. The maximum atomic E-state index is 9.55. The minimum absolute atomic E-state index is 0.0828. The third-order valence-corrected chi connectivity index (χ3v) is 2.43. The summed E-state index contributed by atoms with van der Waals surface area (Å²) in [7, 11) is 0. The summed E-state index contributed by atoms with van der Waals surface area (Å²) < 4.78 is 0. The van der Waals surface area contributed by atoms with Crippen LogP contribution in [-0.2, 0) is 0 Å². The average molecular weight is 211 g/mol. The molecule has 0 aliphatic heterocycles. The lowest BCUT2D eigenvalue weighted by atomic mass is 10.2. The molecule has 4 heteroatoms. The molecule has 1 aliphatic carbocycles. The monoisotopic (exact) mass is 210 g/mol. The number of rotatable bonds is 2. The van der Waals surface area contributed by atoms with Crippen LogP contribution in [0.1, 0.15) is 18.4 Å². The van der Waals surface area contributed by atoms with Gasteiger partial charge in [-0.1, -0.05) is 17.7 Å². The Kier molecular flexibility index (Phi) is 2.33. The molecule has 0 radical (unpaired) electrons. The fraction of sp³-hybridized carbons (Fsp3) is 0.300. The molecule has 74 valence electrons. The standard InChI is InChI=1S/C10H11ClN2O/c11-7-2-1-3-8(14)9(7)10(12)13-6-4-5-6/h1-3,6,14H,4-5H2,(H2,12,13). The van der Waals surface area contributed by atoms with Crippen molar-refractivity contribution in [3.05, 3.63) is 28.8 Å². The van der Waals surface area contributed by atoms with E-state index in [4.69, 9.17) is 17.3 Å². The molecular formula is C10H11ClN2O. The SMILES string of the molecule is NC(=NC1CC1)c1c(O)cccc1Cl. The van der Waals surface area contributed by atoms with Crippen LogP contribution in [0.3, 0.4) is 0 Å². The highest BCUT2D eigenvalue weighted by Gasteiger charge is 2.22. The highest BCUT2D eigenvalue weighted by atomic mass is 35.5. The number of nitrogens with two attached hydrogens (primary N) is 1. The molecule has 1 aromatic rings. The second kappa shape index (κ2) is 3.50. The lowest BCUT2D eigenvalue weighted by Crippen LogP contribution is -2.15.